The van der Waals surface area contributed by atoms with Crippen molar-refractivity contribution in [2.75, 3.05) is 11.9 Å². The first-order valence-corrected chi connectivity index (χ1v) is 10.7. The number of halogens is 1. The molecule has 6 N–H and O–H groups in total. The van der Waals surface area contributed by atoms with Gasteiger partial charge in [-0.25, -0.2) is 19.2 Å². The molecule has 12 heteroatoms. The predicted molar refractivity (Wildman–Crippen MR) is 127 cm³/mol. The number of nitrogens with one attached hydrogen (secondary N) is 3. The van der Waals surface area contributed by atoms with E-state index in [1.807, 2.05) is 0 Å². The maximum atomic E-state index is 12.5. The van der Waals surface area contributed by atoms with Crippen LogP contribution in [-0.2, 0) is 17.9 Å². The Balaban J connectivity index is 0.000000286. The number of amides is 2. The standard InChI is InChI=1S/C17H13N5O5.C7H8FN/c23-12-6-27-11-2-1-8(3-10(11)22-12)4-19-16(24)15-14-13(20-7-21-15)9(5-18-14)17(25)26;8-7-3-1-6(5-9)2-4-7/h1-3,5,7,18H,4,6H2,(H,19,24)(H,22,23)(H,25,26);1-4H,5,9H2. The summed E-state index contributed by atoms with van der Waals surface area (Å²) in [5.41, 5.74) is 7.94. The van der Waals surface area contributed by atoms with Crippen LogP contribution in [-0.4, -0.2) is 44.4 Å². The number of hydrogen-bond acceptors (Lipinski definition) is 7. The molecule has 0 saturated heterocycles. The number of benzene rings is 2. The third kappa shape index (κ3) is 5.45. The van der Waals surface area contributed by atoms with E-state index < -0.39 is 11.9 Å². The maximum Gasteiger partial charge on any atom is 0.339 e. The number of aromatic carboxylic acids is 1. The fraction of sp³-hybridized carbons (Fsp3) is 0.125. The molecule has 0 radical (unpaired) electrons. The lowest BCUT2D eigenvalue weighted by Crippen LogP contribution is -2.26. The Bertz CT molecular complexity index is 1440. The number of aromatic nitrogens is 3. The molecule has 1 aliphatic heterocycles. The largest absolute Gasteiger partial charge is 0.482 e. The second-order valence-electron chi connectivity index (χ2n) is 7.63. The van der Waals surface area contributed by atoms with Crippen LogP contribution in [0.1, 0.15) is 32.0 Å². The van der Waals surface area contributed by atoms with Gasteiger partial charge in [0.15, 0.2) is 12.3 Å². The van der Waals surface area contributed by atoms with E-state index in [4.69, 9.17) is 15.6 Å². The maximum absolute atomic E-state index is 12.5. The van der Waals surface area contributed by atoms with Gasteiger partial charge < -0.3 is 31.2 Å². The molecule has 0 saturated carbocycles. The zero-order valence-corrected chi connectivity index (χ0v) is 18.7. The number of aromatic amines is 1. The number of nitrogens with zero attached hydrogens (tertiary/aromatic N) is 2. The molecule has 184 valence electrons. The van der Waals surface area contributed by atoms with Gasteiger partial charge >= 0.3 is 5.97 Å². The van der Waals surface area contributed by atoms with Crippen molar-refractivity contribution in [3.8, 4) is 5.75 Å². The molecule has 2 aromatic heterocycles. The fourth-order valence-electron chi connectivity index (χ4n) is 3.40. The first kappa shape index (κ1) is 24.3. The highest BCUT2D eigenvalue weighted by atomic mass is 19.1. The number of anilines is 1. The van der Waals surface area contributed by atoms with Gasteiger partial charge in [0.25, 0.3) is 11.8 Å². The van der Waals surface area contributed by atoms with Gasteiger partial charge in [-0.05, 0) is 35.4 Å². The minimum atomic E-state index is -1.15. The molecule has 0 fully saturated rings. The molecule has 1 aliphatic rings. The van der Waals surface area contributed by atoms with Crippen molar-refractivity contribution in [3.05, 3.63) is 83.2 Å². The normalized spacial score (nSPS) is 12.0. The van der Waals surface area contributed by atoms with Gasteiger partial charge in [0.1, 0.15) is 29.0 Å². The molecule has 3 heterocycles. The van der Waals surface area contributed by atoms with E-state index in [2.05, 4.69) is 25.6 Å². The Morgan fingerprint density at radius 1 is 1.14 bits per heavy atom. The molecule has 5 rings (SSSR count). The number of carbonyl (C=O) groups excluding carboxylic acids is 2. The lowest BCUT2D eigenvalue weighted by atomic mass is 10.1. The van der Waals surface area contributed by atoms with Gasteiger partial charge in [-0.2, -0.15) is 0 Å². The van der Waals surface area contributed by atoms with E-state index in [0.29, 0.717) is 18.0 Å². The predicted octanol–water partition coefficient (Wildman–Crippen LogP) is 2.20. The zero-order valence-electron chi connectivity index (χ0n) is 18.7. The molecule has 0 atom stereocenters. The molecule has 2 amide bonds. The van der Waals surface area contributed by atoms with E-state index in [1.54, 1.807) is 30.3 Å². The SMILES string of the molecule is NCc1ccc(F)cc1.O=C1COc2ccc(CNC(=O)c3ncnc4c(C(=O)O)c[nH]c34)cc2N1. The lowest BCUT2D eigenvalue weighted by molar-refractivity contribution is -0.118. The highest BCUT2D eigenvalue weighted by Crippen LogP contribution is 2.28. The van der Waals surface area contributed by atoms with Crippen LogP contribution in [0.4, 0.5) is 10.1 Å². The Morgan fingerprint density at radius 3 is 2.61 bits per heavy atom. The summed E-state index contributed by atoms with van der Waals surface area (Å²) >= 11 is 0. The minimum Gasteiger partial charge on any atom is -0.482 e. The molecule has 0 unspecified atom stereocenters. The summed E-state index contributed by atoms with van der Waals surface area (Å²) in [6.07, 6.45) is 2.41. The van der Waals surface area contributed by atoms with Gasteiger partial charge in [0, 0.05) is 19.3 Å². The average Bonchev–Trinajstić information content (AvgIpc) is 3.32. The summed E-state index contributed by atoms with van der Waals surface area (Å²) in [4.78, 5) is 45.7. The average molecular weight is 492 g/mol. The van der Waals surface area contributed by atoms with Crippen LogP contribution >= 0.6 is 0 Å². The van der Waals surface area contributed by atoms with E-state index in [-0.39, 0.29) is 47.2 Å². The first-order chi connectivity index (χ1) is 17.4. The van der Waals surface area contributed by atoms with Crippen LogP contribution in [0.25, 0.3) is 11.0 Å². The van der Waals surface area contributed by atoms with Crippen LogP contribution < -0.4 is 21.1 Å². The number of nitrogens with two attached hydrogens (primary N) is 1. The molecule has 0 spiro atoms. The molecule has 2 aromatic carbocycles. The van der Waals surface area contributed by atoms with Crippen LogP contribution in [0.15, 0.2) is 55.0 Å². The monoisotopic (exact) mass is 492 g/mol. The van der Waals surface area contributed by atoms with Gasteiger partial charge in [-0.1, -0.05) is 18.2 Å². The van der Waals surface area contributed by atoms with Crippen molar-refractivity contribution in [2.45, 2.75) is 13.1 Å². The second-order valence-corrected chi connectivity index (χ2v) is 7.63. The van der Waals surface area contributed by atoms with Crippen molar-refractivity contribution in [1.82, 2.24) is 20.3 Å². The van der Waals surface area contributed by atoms with Crippen molar-refractivity contribution in [1.29, 1.82) is 0 Å². The Hall–Kier alpha value is -4.84. The Labute approximate surface area is 203 Å². The van der Waals surface area contributed by atoms with Crippen LogP contribution in [0.5, 0.6) is 5.75 Å². The summed E-state index contributed by atoms with van der Waals surface area (Å²) in [6.45, 7) is 0.627. The quantitative estimate of drug-likeness (QED) is 0.282. The number of carboxylic acid groups (broad SMARTS) is 1. The van der Waals surface area contributed by atoms with E-state index >= 15 is 0 Å². The number of H-pyrrole nitrogens is 1. The van der Waals surface area contributed by atoms with E-state index in [9.17, 15) is 18.8 Å². The van der Waals surface area contributed by atoms with Gasteiger partial charge in [0.2, 0.25) is 0 Å². The third-order valence-corrected chi connectivity index (χ3v) is 5.19. The topological polar surface area (TPSA) is 172 Å². The van der Waals surface area contributed by atoms with Crippen molar-refractivity contribution >= 4 is 34.5 Å². The summed E-state index contributed by atoms with van der Waals surface area (Å²) in [5.74, 6) is -1.53. The van der Waals surface area contributed by atoms with Gasteiger partial charge in [-0.15, -0.1) is 0 Å². The molecular weight excluding hydrogens is 471 g/mol. The summed E-state index contributed by atoms with van der Waals surface area (Å²) in [6, 6.07) is 11.3. The van der Waals surface area contributed by atoms with Gasteiger partial charge in [-0.3, -0.25) is 9.59 Å². The Kier molecular flexibility index (Phi) is 7.16. The van der Waals surface area contributed by atoms with Crippen molar-refractivity contribution in [2.24, 2.45) is 5.73 Å². The molecule has 11 nitrogen and oxygen atoms in total. The lowest BCUT2D eigenvalue weighted by Gasteiger charge is -2.18. The second kappa shape index (κ2) is 10.6. The number of carboxylic acids is 1. The summed E-state index contributed by atoms with van der Waals surface area (Å²) < 4.78 is 17.5. The smallest absolute Gasteiger partial charge is 0.339 e. The fourth-order valence-corrected chi connectivity index (χ4v) is 3.40. The first-order valence-electron chi connectivity index (χ1n) is 10.7. The highest BCUT2D eigenvalue weighted by Gasteiger charge is 2.20. The minimum absolute atomic E-state index is 0.0265. The summed E-state index contributed by atoms with van der Waals surface area (Å²) in [7, 11) is 0. The van der Waals surface area contributed by atoms with E-state index in [1.165, 1.54) is 18.3 Å². The third-order valence-electron chi connectivity index (χ3n) is 5.19. The molecular formula is C24H21FN6O5. The molecule has 4 aromatic rings. The van der Waals surface area contributed by atoms with Crippen LogP contribution in [0, 0.1) is 5.82 Å². The number of ether oxygens (including phenoxy) is 1. The van der Waals surface area contributed by atoms with Crippen LogP contribution in [0.2, 0.25) is 0 Å². The van der Waals surface area contributed by atoms with Crippen LogP contribution in [0.3, 0.4) is 0 Å². The molecule has 0 bridgehead atoms. The van der Waals surface area contributed by atoms with Gasteiger partial charge in [0.05, 0.1) is 11.2 Å². The molecule has 36 heavy (non-hydrogen) atoms. The van der Waals surface area contributed by atoms with Crippen molar-refractivity contribution < 1.29 is 28.6 Å². The molecule has 0 aliphatic carbocycles. The Morgan fingerprint density at radius 2 is 1.89 bits per heavy atom. The highest BCUT2D eigenvalue weighted by molar-refractivity contribution is 6.08. The zero-order chi connectivity index (χ0) is 25.7. The summed E-state index contributed by atoms with van der Waals surface area (Å²) in [5, 5.41) is 14.6. The number of hydrogen-bond donors (Lipinski definition) is 5. The number of fused-ring (bicyclic) bond motifs is 2. The van der Waals surface area contributed by atoms with E-state index in [0.717, 1.165) is 17.5 Å². The van der Waals surface area contributed by atoms with Crippen molar-refractivity contribution in [3.63, 3.8) is 0 Å². The number of carbonyl (C=O) groups is 3. The number of rotatable bonds is 5.